The van der Waals surface area contributed by atoms with Gasteiger partial charge in [-0.3, -0.25) is 0 Å². The molecule has 3 rings (SSSR count). The van der Waals surface area contributed by atoms with E-state index >= 15 is 0 Å². The number of methoxy groups -OCH3 is 3. The van der Waals surface area contributed by atoms with E-state index in [4.69, 9.17) is 18.9 Å². The van der Waals surface area contributed by atoms with Crippen LogP contribution in [0.2, 0.25) is 0 Å². The van der Waals surface area contributed by atoms with Gasteiger partial charge in [0.25, 0.3) is 0 Å². The third-order valence-corrected chi connectivity index (χ3v) is 4.43. The van der Waals surface area contributed by atoms with Crippen LogP contribution >= 0.6 is 0 Å². The molecule has 0 fully saturated rings. The maximum absolute atomic E-state index is 12.4. The van der Waals surface area contributed by atoms with Gasteiger partial charge in [-0.2, -0.15) is 0 Å². The van der Waals surface area contributed by atoms with E-state index in [1.165, 1.54) is 14.2 Å². The van der Waals surface area contributed by atoms with E-state index in [0.29, 0.717) is 5.69 Å². The van der Waals surface area contributed by atoms with Crippen molar-refractivity contribution in [3.63, 3.8) is 0 Å². The molecule has 0 amide bonds. The molecule has 7 heteroatoms. The van der Waals surface area contributed by atoms with Crippen LogP contribution in [0.3, 0.4) is 0 Å². The van der Waals surface area contributed by atoms with Crippen LogP contribution in [0, 0.1) is 0 Å². The first-order valence-electron chi connectivity index (χ1n) is 8.59. The molecule has 2 aromatic rings. The second-order valence-electron chi connectivity index (χ2n) is 5.96. The van der Waals surface area contributed by atoms with Crippen LogP contribution in [0.4, 0.5) is 5.69 Å². The zero-order valence-corrected chi connectivity index (χ0v) is 15.9. The first kappa shape index (κ1) is 19.4. The van der Waals surface area contributed by atoms with E-state index in [1.54, 1.807) is 12.0 Å². The van der Waals surface area contributed by atoms with Crippen molar-refractivity contribution in [3.8, 4) is 16.9 Å². The lowest BCUT2D eigenvalue weighted by atomic mass is 10.0. The molecule has 0 saturated carbocycles. The van der Waals surface area contributed by atoms with Gasteiger partial charge in [0.2, 0.25) is 0 Å². The Kier molecular flexibility index (Phi) is 5.96. The van der Waals surface area contributed by atoms with Crippen LogP contribution in [-0.2, 0) is 23.8 Å². The summed E-state index contributed by atoms with van der Waals surface area (Å²) in [4.78, 5) is 26.0. The molecule has 0 saturated heterocycles. The normalized spacial score (nSPS) is 13.9. The largest absolute Gasteiger partial charge is 0.496 e. The Morgan fingerprint density at radius 3 is 2.25 bits per heavy atom. The highest BCUT2D eigenvalue weighted by Gasteiger charge is 2.32. The number of esters is 2. The predicted molar refractivity (Wildman–Crippen MR) is 103 cm³/mol. The molecule has 0 bridgehead atoms. The van der Waals surface area contributed by atoms with E-state index in [1.807, 2.05) is 48.5 Å². The average molecular weight is 383 g/mol. The van der Waals surface area contributed by atoms with Gasteiger partial charge in [-0.1, -0.05) is 30.3 Å². The summed E-state index contributed by atoms with van der Waals surface area (Å²) in [6.07, 6.45) is 0. The van der Waals surface area contributed by atoms with Crippen molar-refractivity contribution in [1.29, 1.82) is 0 Å². The number of anilines is 1. The number of hydrogen-bond acceptors (Lipinski definition) is 7. The minimum Gasteiger partial charge on any atom is -0.496 e. The van der Waals surface area contributed by atoms with Crippen molar-refractivity contribution in [1.82, 2.24) is 0 Å². The van der Waals surface area contributed by atoms with Crippen molar-refractivity contribution in [2.75, 3.05) is 39.6 Å². The van der Waals surface area contributed by atoms with Crippen molar-refractivity contribution in [2.24, 2.45) is 0 Å². The fourth-order valence-electron chi connectivity index (χ4n) is 3.05. The molecule has 1 heterocycles. The number of benzene rings is 2. The third-order valence-electron chi connectivity index (χ3n) is 4.43. The second-order valence-corrected chi connectivity index (χ2v) is 5.96. The lowest BCUT2D eigenvalue weighted by Crippen LogP contribution is -2.38. The Morgan fingerprint density at radius 1 is 0.929 bits per heavy atom. The topological polar surface area (TPSA) is 74.3 Å². The number of nitrogens with zero attached hydrogens (tertiary/aromatic N) is 1. The first-order valence-corrected chi connectivity index (χ1v) is 8.59. The second kappa shape index (κ2) is 8.58. The summed E-state index contributed by atoms with van der Waals surface area (Å²) >= 11 is 0. The molecule has 0 aromatic heterocycles. The lowest BCUT2D eigenvalue weighted by Gasteiger charge is -2.31. The molecule has 0 radical (unpaired) electrons. The van der Waals surface area contributed by atoms with Crippen LogP contribution in [0.25, 0.3) is 11.1 Å². The molecule has 146 valence electrons. The van der Waals surface area contributed by atoms with Crippen LogP contribution < -0.4 is 9.64 Å². The maximum Gasteiger partial charge on any atom is 0.355 e. The highest BCUT2D eigenvalue weighted by Crippen LogP contribution is 2.32. The number of para-hydroxylation sites is 1. The van der Waals surface area contributed by atoms with Gasteiger partial charge in [0, 0.05) is 11.3 Å². The van der Waals surface area contributed by atoms with E-state index < -0.39 is 11.9 Å². The lowest BCUT2D eigenvalue weighted by molar-refractivity contribution is -0.140. The van der Waals surface area contributed by atoms with Gasteiger partial charge in [0.05, 0.1) is 33.5 Å². The zero-order chi connectivity index (χ0) is 20.1. The Bertz CT molecular complexity index is 903. The molecule has 1 aliphatic heterocycles. The minimum absolute atomic E-state index is 0.0209. The average Bonchev–Trinajstić information content (AvgIpc) is 2.77. The Labute approximate surface area is 163 Å². The molecule has 0 N–H and O–H groups in total. The Balaban J connectivity index is 2.00. The smallest absolute Gasteiger partial charge is 0.355 e. The molecular formula is C21H21NO6. The van der Waals surface area contributed by atoms with Crippen LogP contribution in [-0.4, -0.2) is 46.6 Å². The molecule has 1 aliphatic rings. The van der Waals surface area contributed by atoms with E-state index in [-0.39, 0.29) is 24.6 Å². The molecule has 0 spiro atoms. The molecule has 0 atom stereocenters. The van der Waals surface area contributed by atoms with E-state index in [9.17, 15) is 9.59 Å². The van der Waals surface area contributed by atoms with Gasteiger partial charge < -0.3 is 23.8 Å². The Morgan fingerprint density at radius 2 is 1.61 bits per heavy atom. The van der Waals surface area contributed by atoms with E-state index in [0.717, 1.165) is 16.9 Å². The van der Waals surface area contributed by atoms with Crippen LogP contribution in [0.15, 0.2) is 59.8 Å². The quantitative estimate of drug-likeness (QED) is 0.735. The molecular weight excluding hydrogens is 362 g/mol. The number of rotatable bonds is 5. The van der Waals surface area contributed by atoms with Crippen molar-refractivity contribution in [3.05, 3.63) is 59.8 Å². The van der Waals surface area contributed by atoms with Crippen LogP contribution in [0.1, 0.15) is 0 Å². The molecule has 28 heavy (non-hydrogen) atoms. The SMILES string of the molecule is COC(=O)C1=C(C(=O)OC)N(c2ccc(-c3ccccc3OC)cc2)COC1. The molecule has 0 unspecified atom stereocenters. The zero-order valence-electron chi connectivity index (χ0n) is 15.9. The maximum atomic E-state index is 12.4. The standard InChI is InChI=1S/C21H21NO6/c1-25-18-7-5-4-6-16(18)14-8-10-15(11-9-14)22-13-28-12-17(20(23)26-2)19(22)21(24)27-3/h4-11H,12-13H2,1-3H3. The first-order chi connectivity index (χ1) is 13.6. The van der Waals surface area contributed by atoms with Gasteiger partial charge in [0.1, 0.15) is 18.2 Å². The summed E-state index contributed by atoms with van der Waals surface area (Å²) in [5, 5.41) is 0. The van der Waals surface area contributed by atoms with Gasteiger partial charge in [-0.05, 0) is 23.8 Å². The summed E-state index contributed by atoms with van der Waals surface area (Å²) in [6.45, 7) is 0.0891. The highest BCUT2D eigenvalue weighted by molar-refractivity contribution is 6.03. The fraction of sp³-hybridized carbons (Fsp3) is 0.238. The summed E-state index contributed by atoms with van der Waals surface area (Å²) in [5.41, 5.74) is 2.82. The number of hydrogen-bond donors (Lipinski definition) is 0. The van der Waals surface area contributed by atoms with Crippen molar-refractivity contribution in [2.45, 2.75) is 0 Å². The van der Waals surface area contributed by atoms with Gasteiger partial charge in [-0.15, -0.1) is 0 Å². The number of carbonyl (C=O) groups is 2. The van der Waals surface area contributed by atoms with Crippen molar-refractivity contribution >= 4 is 17.6 Å². The summed E-state index contributed by atoms with van der Waals surface area (Å²) in [7, 11) is 4.15. The minimum atomic E-state index is -0.629. The summed E-state index contributed by atoms with van der Waals surface area (Å²) < 4.78 is 20.5. The predicted octanol–water partition coefficient (Wildman–Crippen LogP) is 2.76. The van der Waals surface area contributed by atoms with Gasteiger partial charge >= 0.3 is 11.9 Å². The highest BCUT2D eigenvalue weighted by atomic mass is 16.5. The van der Waals surface area contributed by atoms with Crippen LogP contribution in [0.5, 0.6) is 5.75 Å². The monoisotopic (exact) mass is 383 g/mol. The van der Waals surface area contributed by atoms with Gasteiger partial charge in [-0.25, -0.2) is 9.59 Å². The number of carbonyl (C=O) groups excluding carboxylic acids is 2. The summed E-state index contributed by atoms with van der Waals surface area (Å²) in [5.74, 6) is -0.493. The van der Waals surface area contributed by atoms with Crippen molar-refractivity contribution < 1.29 is 28.5 Å². The van der Waals surface area contributed by atoms with E-state index in [2.05, 4.69) is 0 Å². The molecule has 0 aliphatic carbocycles. The number of ether oxygens (including phenoxy) is 4. The summed E-state index contributed by atoms with van der Waals surface area (Å²) in [6, 6.07) is 15.2. The molecule has 7 nitrogen and oxygen atoms in total. The molecule has 2 aromatic carbocycles. The van der Waals surface area contributed by atoms with Gasteiger partial charge in [0.15, 0.2) is 0 Å². The Hall–Kier alpha value is -3.32. The third kappa shape index (κ3) is 3.70. The fourth-order valence-corrected chi connectivity index (χ4v) is 3.05.